The maximum absolute atomic E-state index is 15.3. The number of carboxylic acid groups (broad SMARTS) is 2. The fourth-order valence-electron chi connectivity index (χ4n) is 14.9. The zero-order chi connectivity index (χ0) is 75.0. The van der Waals surface area contributed by atoms with Crippen LogP contribution in [-0.4, -0.2) is 184 Å². The summed E-state index contributed by atoms with van der Waals surface area (Å²) in [6.45, 7) is 5.09. The zero-order valence-electron chi connectivity index (χ0n) is 60.4. The van der Waals surface area contributed by atoms with E-state index >= 15 is 19.2 Å². The van der Waals surface area contributed by atoms with Gasteiger partial charge in [0, 0.05) is 57.5 Å². The molecule has 12 atom stereocenters. The van der Waals surface area contributed by atoms with E-state index in [0.717, 1.165) is 38.5 Å². The highest BCUT2D eigenvalue weighted by molar-refractivity contribution is 5.98. The Labute approximate surface area is 615 Å². The standard InChI is InChI=1S/C77H97N15O14/c1-5-46(2)68(93)83-66(52-22-14-8-15-23-52)74(99)89-42-56-38-64(89)72(97)79-60(34-48-18-10-6-11-19-48)70(95)81-62(76(101)102)36-50-28-32-59(33-29-50)106-45-55-41-92(88-86-55)57-39-65(90(43-57)75(100)67(53-24-16-9-17-25-53)84-69(94)47(3)78-4)73(98)80-61(35-49-20-12-7-13-21-49)71(96)82-63(77(103)104)37-51-26-30-58(31-27-51)105-44-54-40-91(56)87-85-54/h6-7,10-13,18-21,26-33,40-41,46-47,52-53,56-57,60-67,78H,5,8-9,14-17,22-25,34-39,42-45H2,1-4H3,(H,79,97)(H,80,98)(H,81,95)(H,82,96)(H,83,93)(H,84,94)(H,101,102)(H,103,104)/t46-,47+,56+,57+,60+,61+,62+,63+,64+,65+,66+,67+/m1/s1. The maximum atomic E-state index is 15.3. The van der Waals surface area contributed by atoms with Crippen molar-refractivity contribution in [3.8, 4) is 11.5 Å². The number of nitrogens with zero attached hydrogens (tertiary/aromatic N) is 8. The number of carbonyl (C=O) groups is 10. The minimum Gasteiger partial charge on any atom is -0.487 e. The summed E-state index contributed by atoms with van der Waals surface area (Å²) in [5, 5.41) is 59.3. The van der Waals surface area contributed by atoms with Crippen LogP contribution in [0.25, 0.3) is 0 Å². The fraction of sp³-hybridized carbons (Fsp3) is 0.506. The smallest absolute Gasteiger partial charge is 0.326 e. The Morgan fingerprint density at radius 2 is 0.925 bits per heavy atom. The van der Waals surface area contributed by atoms with Gasteiger partial charge in [-0.25, -0.2) is 19.0 Å². The lowest BCUT2D eigenvalue weighted by Crippen LogP contribution is -2.60. The van der Waals surface area contributed by atoms with Gasteiger partial charge >= 0.3 is 11.9 Å². The third kappa shape index (κ3) is 19.7. The summed E-state index contributed by atoms with van der Waals surface area (Å²) in [6.07, 6.45) is 11.4. The molecule has 4 fully saturated rings. The SMILES string of the molecule is CC[C@@H](C)C(=O)N[C@H](C(=O)N1C[C@@H]2C[C@H]1C(=O)N[C@@H](Cc1ccccc1)C(=O)N[C@H](C(=O)O)Cc1ccc(cc1)OCc1cn(nn1)[C@H]1C[C@@H](C(=O)N[C@@H](Cc3ccccc3)C(=O)N[C@H](C(=O)O)Cc3ccc(cc3)OCc3cn2nn3)N(C(=O)[C@@H](NC(=O)[C@H](C)NC)C2CCCCC2)C1)C1CCCCC1. The number of hydrogen-bond acceptors (Lipinski definition) is 17. The van der Waals surface area contributed by atoms with Crippen LogP contribution in [0.5, 0.6) is 11.5 Å². The summed E-state index contributed by atoms with van der Waals surface area (Å²) in [4.78, 5) is 147. The van der Waals surface area contributed by atoms with E-state index in [-0.39, 0.29) is 82.6 Å². The molecule has 12 bridgehead atoms. The third-order valence-corrected chi connectivity index (χ3v) is 21.4. The largest absolute Gasteiger partial charge is 0.487 e. The van der Waals surface area contributed by atoms with Crippen LogP contribution in [0.15, 0.2) is 122 Å². The van der Waals surface area contributed by atoms with Crippen LogP contribution in [0.1, 0.15) is 150 Å². The molecule has 2 aliphatic carbocycles. The first kappa shape index (κ1) is 76.5. The maximum Gasteiger partial charge on any atom is 0.326 e. The number of carboxylic acids is 2. The first-order valence-electron chi connectivity index (χ1n) is 37.1. The minimum atomic E-state index is -1.48. The molecule has 4 aromatic carbocycles. The Morgan fingerprint density at radius 3 is 1.30 bits per heavy atom. The molecule has 14 rings (SSSR count). The van der Waals surface area contributed by atoms with Crippen molar-refractivity contribution in [3.05, 3.63) is 155 Å². The lowest BCUT2D eigenvalue weighted by atomic mass is 9.83. The van der Waals surface area contributed by atoms with Gasteiger partial charge in [0.05, 0.1) is 30.5 Å². The van der Waals surface area contributed by atoms with Gasteiger partial charge in [0.25, 0.3) is 0 Å². The summed E-state index contributed by atoms with van der Waals surface area (Å²) in [5.74, 6) is -7.36. The van der Waals surface area contributed by atoms with Gasteiger partial charge in [-0.05, 0) is 104 Å². The molecule has 106 heavy (non-hydrogen) atoms. The molecule has 29 heteroatoms. The van der Waals surface area contributed by atoms with Crippen molar-refractivity contribution in [2.75, 3.05) is 20.1 Å². The Bertz CT molecular complexity index is 3780. The van der Waals surface area contributed by atoms with E-state index in [9.17, 15) is 39.0 Å². The molecule has 2 saturated heterocycles. The average molecular weight is 1460 g/mol. The van der Waals surface area contributed by atoms with E-state index in [1.165, 1.54) is 9.80 Å². The summed E-state index contributed by atoms with van der Waals surface area (Å²) < 4.78 is 15.4. The van der Waals surface area contributed by atoms with Crippen molar-refractivity contribution in [3.63, 3.8) is 0 Å². The van der Waals surface area contributed by atoms with Gasteiger partial charge in [-0.3, -0.25) is 38.4 Å². The normalized spacial score (nSPS) is 23.7. The number of likely N-dealkylation sites (N-methyl/N-ethyl adjacent to an activating group) is 1. The molecule has 9 N–H and O–H groups in total. The van der Waals surface area contributed by atoms with Gasteiger partial charge in [-0.15, -0.1) is 10.2 Å². The van der Waals surface area contributed by atoms with Gasteiger partial charge in [0.2, 0.25) is 47.3 Å². The van der Waals surface area contributed by atoms with Crippen molar-refractivity contribution in [2.45, 2.75) is 210 Å². The Morgan fingerprint density at radius 1 is 0.528 bits per heavy atom. The predicted molar refractivity (Wildman–Crippen MR) is 386 cm³/mol. The number of nitrogens with one attached hydrogen (secondary N) is 7. The molecule has 8 amide bonds. The molecule has 0 radical (unpaired) electrons. The predicted octanol–water partition coefficient (Wildman–Crippen LogP) is 4.49. The van der Waals surface area contributed by atoms with Crippen LogP contribution in [0.2, 0.25) is 0 Å². The van der Waals surface area contributed by atoms with Gasteiger partial charge in [0.15, 0.2) is 0 Å². The van der Waals surface area contributed by atoms with Crippen LogP contribution < -0.4 is 46.7 Å². The first-order valence-corrected chi connectivity index (χ1v) is 37.1. The first-order chi connectivity index (χ1) is 51.2. The highest BCUT2D eigenvalue weighted by atomic mass is 16.5. The summed E-state index contributed by atoms with van der Waals surface area (Å²) >= 11 is 0. The number of carbonyl (C=O) groups excluding carboxylic acids is 8. The van der Waals surface area contributed by atoms with E-state index in [2.05, 4.69) is 57.8 Å². The number of aliphatic carboxylic acids is 2. The van der Waals surface area contributed by atoms with E-state index in [1.807, 2.05) is 6.92 Å². The summed E-state index contributed by atoms with van der Waals surface area (Å²) in [6, 6.07) is 19.0. The molecule has 8 aliphatic rings. The van der Waals surface area contributed by atoms with Crippen LogP contribution in [0.4, 0.5) is 0 Å². The van der Waals surface area contributed by atoms with Crippen LogP contribution in [0, 0.1) is 17.8 Å². The minimum absolute atomic E-state index is 0.00258. The van der Waals surface area contributed by atoms with Crippen LogP contribution in [-0.2, 0) is 86.8 Å². The van der Waals surface area contributed by atoms with E-state index in [1.54, 1.807) is 152 Å². The number of rotatable bonds is 16. The molecular formula is C77H97N15O14. The van der Waals surface area contributed by atoms with Crippen molar-refractivity contribution in [1.82, 2.24) is 77.0 Å². The van der Waals surface area contributed by atoms with E-state index < -0.39 is 126 Å². The number of ether oxygens (including phenoxy) is 2. The zero-order valence-corrected chi connectivity index (χ0v) is 60.4. The van der Waals surface area contributed by atoms with Crippen LogP contribution in [0.3, 0.4) is 0 Å². The van der Waals surface area contributed by atoms with Gasteiger partial charge in [0.1, 0.15) is 84.4 Å². The van der Waals surface area contributed by atoms with E-state index in [4.69, 9.17) is 9.47 Å². The van der Waals surface area contributed by atoms with Crippen molar-refractivity contribution < 1.29 is 67.6 Å². The summed E-state index contributed by atoms with van der Waals surface area (Å²) in [7, 11) is 1.64. The lowest BCUT2D eigenvalue weighted by molar-refractivity contribution is -0.144. The molecule has 0 unspecified atom stereocenters. The number of likely N-dealkylation sites (tertiary alicyclic amines) is 2. The molecule has 8 heterocycles. The van der Waals surface area contributed by atoms with Gasteiger partial charge in [-0.2, -0.15) is 0 Å². The second-order valence-electron chi connectivity index (χ2n) is 28.8. The van der Waals surface area contributed by atoms with Crippen molar-refractivity contribution in [2.24, 2.45) is 17.8 Å². The van der Waals surface area contributed by atoms with E-state index in [0.29, 0.717) is 77.2 Å². The third-order valence-electron chi connectivity index (χ3n) is 21.4. The Balaban J connectivity index is 0.899. The lowest BCUT2D eigenvalue weighted by Gasteiger charge is -2.35. The average Bonchev–Trinajstić information content (AvgIpc) is 1.64. The number of amides is 8. The molecule has 6 aromatic rings. The second-order valence-corrected chi connectivity index (χ2v) is 28.8. The molecule has 2 saturated carbocycles. The highest BCUT2D eigenvalue weighted by Crippen LogP contribution is 2.36. The number of aromatic nitrogens is 6. The number of hydrogen-bond donors (Lipinski definition) is 9. The number of benzene rings is 4. The van der Waals surface area contributed by atoms with Crippen molar-refractivity contribution in [1.29, 1.82) is 0 Å². The Hall–Kier alpha value is -10.6. The molecule has 2 aromatic heterocycles. The fourth-order valence-corrected chi connectivity index (χ4v) is 14.9. The van der Waals surface area contributed by atoms with Gasteiger partial charge in [-0.1, -0.05) is 148 Å². The highest BCUT2D eigenvalue weighted by Gasteiger charge is 2.48. The molecule has 29 nitrogen and oxygen atoms in total. The molecular weight excluding hydrogens is 1360 g/mol. The summed E-state index contributed by atoms with van der Waals surface area (Å²) in [5.41, 5.74) is 3.09. The van der Waals surface area contributed by atoms with Crippen LogP contribution >= 0.6 is 0 Å². The topological polar surface area (TPSA) is 382 Å². The van der Waals surface area contributed by atoms with Crippen molar-refractivity contribution >= 4 is 59.2 Å². The Kier molecular flexibility index (Phi) is 26.0. The molecule has 564 valence electrons. The molecule has 0 spiro atoms. The van der Waals surface area contributed by atoms with Gasteiger partial charge < -0.3 is 66.7 Å². The quantitative estimate of drug-likeness (QED) is 0.0644. The molecule has 6 aliphatic heterocycles. The second kappa shape index (κ2) is 35.9. The monoisotopic (exact) mass is 1460 g/mol.